The maximum atomic E-state index is 12.3. The van der Waals surface area contributed by atoms with E-state index in [-0.39, 0.29) is 19.4 Å². The molecule has 2 N–H and O–H groups in total. The van der Waals surface area contributed by atoms with Crippen LogP contribution in [0.25, 0.3) is 10.8 Å². The summed E-state index contributed by atoms with van der Waals surface area (Å²) in [4.78, 5) is 35.3. The summed E-state index contributed by atoms with van der Waals surface area (Å²) in [5.41, 5.74) is 0.795. The molecule has 0 saturated heterocycles. The van der Waals surface area contributed by atoms with E-state index in [1.807, 2.05) is 42.5 Å². The van der Waals surface area contributed by atoms with Crippen LogP contribution in [0, 0.1) is 5.92 Å². The number of benzene rings is 2. The number of carboxylic acids is 1. The summed E-state index contributed by atoms with van der Waals surface area (Å²) >= 11 is 0. The molecular formula is C20H23NO5. The molecule has 6 heteroatoms. The minimum atomic E-state index is -1.17. The van der Waals surface area contributed by atoms with Gasteiger partial charge in [0.2, 0.25) is 5.91 Å². The van der Waals surface area contributed by atoms with Gasteiger partial charge in [-0.1, -0.05) is 49.4 Å². The number of esters is 1. The van der Waals surface area contributed by atoms with Crippen molar-refractivity contribution in [2.75, 3.05) is 6.61 Å². The average Bonchev–Trinajstić information content (AvgIpc) is 2.59. The summed E-state index contributed by atoms with van der Waals surface area (Å²) in [5.74, 6) is -2.63. The molecule has 0 bridgehead atoms. The van der Waals surface area contributed by atoms with Crippen molar-refractivity contribution in [2.24, 2.45) is 5.92 Å². The Morgan fingerprint density at radius 2 is 1.81 bits per heavy atom. The zero-order chi connectivity index (χ0) is 19.1. The third kappa shape index (κ3) is 5.31. The Labute approximate surface area is 152 Å². The fourth-order valence-electron chi connectivity index (χ4n) is 2.81. The summed E-state index contributed by atoms with van der Waals surface area (Å²) in [6.07, 6.45) is 0.00179. The van der Waals surface area contributed by atoms with Gasteiger partial charge in [0, 0.05) is 0 Å². The molecule has 138 valence electrons. The van der Waals surface area contributed by atoms with Crippen molar-refractivity contribution in [3.63, 3.8) is 0 Å². The number of carboxylic acid groups (broad SMARTS) is 1. The van der Waals surface area contributed by atoms with E-state index < -0.39 is 29.8 Å². The predicted octanol–water partition coefficient (Wildman–Crippen LogP) is 2.54. The van der Waals surface area contributed by atoms with Gasteiger partial charge in [0.15, 0.2) is 0 Å². The molecule has 0 aliphatic carbocycles. The van der Waals surface area contributed by atoms with Crippen LogP contribution in [0.4, 0.5) is 0 Å². The number of nitrogens with one attached hydrogen (secondary N) is 1. The second-order valence-electron chi connectivity index (χ2n) is 6.23. The van der Waals surface area contributed by atoms with Crippen molar-refractivity contribution in [3.8, 4) is 0 Å². The number of fused-ring (bicyclic) bond motifs is 1. The molecule has 2 aromatic rings. The lowest BCUT2D eigenvalue weighted by molar-refractivity contribution is -0.147. The minimum Gasteiger partial charge on any atom is -0.480 e. The van der Waals surface area contributed by atoms with Crippen LogP contribution >= 0.6 is 0 Å². The first-order chi connectivity index (χ1) is 12.4. The number of carbonyl (C=O) groups excluding carboxylic acids is 2. The lowest BCUT2D eigenvalue weighted by Gasteiger charge is -2.20. The summed E-state index contributed by atoms with van der Waals surface area (Å²) in [7, 11) is 0. The van der Waals surface area contributed by atoms with Crippen LogP contribution in [0.15, 0.2) is 42.5 Å². The molecule has 2 aromatic carbocycles. The van der Waals surface area contributed by atoms with Gasteiger partial charge in [-0.05, 0) is 29.2 Å². The minimum absolute atomic E-state index is 0.0684. The zero-order valence-electron chi connectivity index (χ0n) is 14.9. The van der Waals surface area contributed by atoms with Gasteiger partial charge in [-0.25, -0.2) is 4.79 Å². The first-order valence-electron chi connectivity index (χ1n) is 8.56. The van der Waals surface area contributed by atoms with Crippen LogP contribution in [0.5, 0.6) is 0 Å². The highest BCUT2D eigenvalue weighted by molar-refractivity contribution is 5.87. The second kappa shape index (κ2) is 8.99. The molecule has 6 nitrogen and oxygen atoms in total. The van der Waals surface area contributed by atoms with Crippen molar-refractivity contribution in [3.05, 3.63) is 48.0 Å². The molecule has 0 unspecified atom stereocenters. The molecule has 26 heavy (non-hydrogen) atoms. The number of carbonyl (C=O) groups is 3. The van der Waals surface area contributed by atoms with Crippen LogP contribution < -0.4 is 5.32 Å². The standard InChI is InChI=1S/C20H23NO5/c1-3-26-18(23)10-13(2)19(20(24)25)21-17(22)12-14-8-9-15-6-4-5-7-16(15)11-14/h4-9,11,13,19H,3,10,12H2,1-2H3,(H,21,22)(H,24,25)/t13-,19-/m0/s1. The highest BCUT2D eigenvalue weighted by Crippen LogP contribution is 2.16. The second-order valence-corrected chi connectivity index (χ2v) is 6.23. The molecule has 0 aromatic heterocycles. The number of aliphatic carboxylic acids is 1. The van der Waals surface area contributed by atoms with E-state index in [1.54, 1.807) is 13.8 Å². The molecule has 2 atom stereocenters. The summed E-state index contributed by atoms with van der Waals surface area (Å²) in [5, 5.41) is 14.0. The first-order valence-corrected chi connectivity index (χ1v) is 8.56. The fraction of sp³-hybridized carbons (Fsp3) is 0.350. The predicted molar refractivity (Wildman–Crippen MR) is 97.6 cm³/mol. The molecule has 2 rings (SSSR count). The fourth-order valence-corrected chi connectivity index (χ4v) is 2.81. The third-order valence-electron chi connectivity index (χ3n) is 4.12. The highest BCUT2D eigenvalue weighted by Gasteiger charge is 2.28. The van der Waals surface area contributed by atoms with E-state index >= 15 is 0 Å². The summed E-state index contributed by atoms with van der Waals surface area (Å²) < 4.78 is 4.84. The van der Waals surface area contributed by atoms with Gasteiger partial charge in [0.25, 0.3) is 0 Å². The van der Waals surface area contributed by atoms with E-state index in [0.717, 1.165) is 16.3 Å². The average molecular weight is 357 g/mol. The number of ether oxygens (including phenoxy) is 1. The Morgan fingerprint density at radius 1 is 1.12 bits per heavy atom. The van der Waals surface area contributed by atoms with Crippen molar-refractivity contribution in [1.82, 2.24) is 5.32 Å². The number of amides is 1. The summed E-state index contributed by atoms with van der Waals surface area (Å²) in [6.45, 7) is 3.52. The van der Waals surface area contributed by atoms with Crippen LogP contribution in [0.2, 0.25) is 0 Å². The van der Waals surface area contributed by atoms with Crippen molar-refractivity contribution < 1.29 is 24.2 Å². The molecule has 0 heterocycles. The number of hydrogen-bond acceptors (Lipinski definition) is 4. The topological polar surface area (TPSA) is 92.7 Å². The monoisotopic (exact) mass is 357 g/mol. The van der Waals surface area contributed by atoms with Crippen molar-refractivity contribution in [2.45, 2.75) is 32.7 Å². The highest BCUT2D eigenvalue weighted by atomic mass is 16.5. The van der Waals surface area contributed by atoms with Crippen LogP contribution in [-0.4, -0.2) is 35.6 Å². The molecule has 0 saturated carbocycles. The van der Waals surface area contributed by atoms with Crippen LogP contribution in [-0.2, 0) is 25.5 Å². The van der Waals surface area contributed by atoms with E-state index in [1.165, 1.54) is 0 Å². The Morgan fingerprint density at radius 3 is 2.46 bits per heavy atom. The normalized spacial score (nSPS) is 13.0. The Kier molecular flexibility index (Phi) is 6.72. The molecule has 1 amide bonds. The smallest absolute Gasteiger partial charge is 0.326 e. The van der Waals surface area contributed by atoms with Gasteiger partial charge < -0.3 is 15.2 Å². The quantitative estimate of drug-likeness (QED) is 0.708. The maximum Gasteiger partial charge on any atom is 0.326 e. The SMILES string of the molecule is CCOC(=O)C[C@H](C)[C@H](NC(=O)Cc1ccc2ccccc2c1)C(=O)O. The van der Waals surface area contributed by atoms with E-state index in [9.17, 15) is 19.5 Å². The zero-order valence-corrected chi connectivity index (χ0v) is 14.9. The molecular weight excluding hydrogens is 334 g/mol. The van der Waals surface area contributed by atoms with Gasteiger partial charge >= 0.3 is 11.9 Å². The first kappa shape index (κ1) is 19.4. The molecule has 0 radical (unpaired) electrons. The van der Waals surface area contributed by atoms with Crippen LogP contribution in [0.3, 0.4) is 0 Å². The molecule has 0 aliphatic rings. The van der Waals surface area contributed by atoms with Gasteiger partial charge in [0.05, 0.1) is 19.4 Å². The Bertz CT molecular complexity index is 802. The third-order valence-corrected chi connectivity index (χ3v) is 4.12. The number of rotatable bonds is 8. The van der Waals surface area contributed by atoms with Crippen molar-refractivity contribution >= 4 is 28.6 Å². The molecule has 0 spiro atoms. The lowest BCUT2D eigenvalue weighted by atomic mass is 9.97. The lowest BCUT2D eigenvalue weighted by Crippen LogP contribution is -2.46. The maximum absolute atomic E-state index is 12.3. The van der Waals surface area contributed by atoms with E-state index in [4.69, 9.17) is 4.74 Å². The van der Waals surface area contributed by atoms with Gasteiger partial charge in [0.1, 0.15) is 6.04 Å². The summed E-state index contributed by atoms with van der Waals surface area (Å²) in [6, 6.07) is 12.3. The largest absolute Gasteiger partial charge is 0.480 e. The molecule has 0 fully saturated rings. The number of hydrogen-bond donors (Lipinski definition) is 2. The van der Waals surface area contributed by atoms with Crippen LogP contribution in [0.1, 0.15) is 25.8 Å². The van der Waals surface area contributed by atoms with E-state index in [0.29, 0.717) is 0 Å². The molecule has 0 aliphatic heterocycles. The van der Waals surface area contributed by atoms with Crippen molar-refractivity contribution in [1.29, 1.82) is 0 Å². The Balaban J connectivity index is 2.02. The van der Waals surface area contributed by atoms with Gasteiger partial charge in [-0.15, -0.1) is 0 Å². The van der Waals surface area contributed by atoms with E-state index in [2.05, 4.69) is 5.32 Å². The van der Waals surface area contributed by atoms with Gasteiger partial charge in [-0.2, -0.15) is 0 Å². The Hall–Kier alpha value is -2.89. The van der Waals surface area contributed by atoms with Gasteiger partial charge in [-0.3, -0.25) is 9.59 Å².